The second kappa shape index (κ2) is 6.25. The van der Waals surface area contributed by atoms with Gasteiger partial charge in [-0.25, -0.2) is 4.98 Å². The van der Waals surface area contributed by atoms with Crippen LogP contribution in [-0.2, 0) is 13.1 Å². The van der Waals surface area contributed by atoms with Crippen molar-refractivity contribution in [1.29, 1.82) is 0 Å². The zero-order valence-electron chi connectivity index (χ0n) is 14.2. The maximum absolute atomic E-state index is 6.12. The summed E-state index contributed by atoms with van der Waals surface area (Å²) in [7, 11) is 0. The Balaban J connectivity index is 1.68. The molecular weight excluding hydrogens is 296 g/mol. The molecule has 4 rings (SSSR count). The lowest BCUT2D eigenvalue weighted by Gasteiger charge is -2.21. The van der Waals surface area contributed by atoms with Crippen LogP contribution in [0.3, 0.4) is 0 Å². The largest absolute Gasteiger partial charge is 0.473 e. The van der Waals surface area contributed by atoms with Crippen LogP contribution in [0.5, 0.6) is 5.88 Å². The number of benzene rings is 2. The Morgan fingerprint density at radius 2 is 1.96 bits per heavy atom. The second-order valence-electron chi connectivity index (χ2n) is 6.73. The van der Waals surface area contributed by atoms with Gasteiger partial charge in [0.05, 0.1) is 5.52 Å². The van der Waals surface area contributed by atoms with Gasteiger partial charge in [0.15, 0.2) is 0 Å². The standard InChI is InChI=1S/C21H22N2O/c1-15-8-9-18-11-19-14-23(13-17-6-4-3-5-7-17)12-16(2)24-21(19)22-20(18)10-15/h3-11,16H,12-14H2,1-2H3. The summed E-state index contributed by atoms with van der Waals surface area (Å²) in [4.78, 5) is 7.22. The SMILES string of the molecule is Cc1ccc2cc3c(nc2c1)OC(C)CN(Cc1ccccc1)C3. The summed E-state index contributed by atoms with van der Waals surface area (Å²) in [5.74, 6) is 0.788. The molecule has 122 valence electrons. The summed E-state index contributed by atoms with van der Waals surface area (Å²) in [6, 6.07) is 19.2. The van der Waals surface area contributed by atoms with Crippen molar-refractivity contribution in [2.24, 2.45) is 0 Å². The van der Waals surface area contributed by atoms with Crippen LogP contribution in [-0.4, -0.2) is 22.5 Å². The van der Waals surface area contributed by atoms with Gasteiger partial charge in [-0.1, -0.05) is 42.5 Å². The number of aromatic nitrogens is 1. The molecule has 0 saturated heterocycles. The Hall–Kier alpha value is -2.39. The quantitative estimate of drug-likeness (QED) is 0.703. The third-order valence-electron chi connectivity index (χ3n) is 4.48. The van der Waals surface area contributed by atoms with E-state index >= 15 is 0 Å². The molecule has 2 heterocycles. The summed E-state index contributed by atoms with van der Waals surface area (Å²) in [6.45, 7) is 6.92. The molecule has 0 aliphatic carbocycles. The van der Waals surface area contributed by atoms with E-state index in [0.29, 0.717) is 0 Å². The van der Waals surface area contributed by atoms with Crippen LogP contribution >= 0.6 is 0 Å². The molecule has 0 spiro atoms. The van der Waals surface area contributed by atoms with Crippen LogP contribution in [0.1, 0.15) is 23.6 Å². The van der Waals surface area contributed by atoms with Gasteiger partial charge in [-0.2, -0.15) is 0 Å². The summed E-state index contributed by atoms with van der Waals surface area (Å²) in [5, 5.41) is 1.18. The topological polar surface area (TPSA) is 25.4 Å². The lowest BCUT2D eigenvalue weighted by Crippen LogP contribution is -2.30. The van der Waals surface area contributed by atoms with E-state index in [-0.39, 0.29) is 6.10 Å². The van der Waals surface area contributed by atoms with Crippen LogP contribution in [0.25, 0.3) is 10.9 Å². The molecule has 24 heavy (non-hydrogen) atoms. The molecule has 1 aliphatic heterocycles. The summed E-state index contributed by atoms with van der Waals surface area (Å²) >= 11 is 0. The number of pyridine rings is 1. The van der Waals surface area contributed by atoms with Gasteiger partial charge in [0.25, 0.3) is 0 Å². The van der Waals surface area contributed by atoms with Crippen molar-refractivity contribution in [1.82, 2.24) is 9.88 Å². The van der Waals surface area contributed by atoms with E-state index in [1.54, 1.807) is 0 Å². The van der Waals surface area contributed by atoms with Gasteiger partial charge < -0.3 is 4.74 Å². The van der Waals surface area contributed by atoms with Gasteiger partial charge in [-0.3, -0.25) is 4.90 Å². The van der Waals surface area contributed by atoms with E-state index < -0.39 is 0 Å². The van der Waals surface area contributed by atoms with E-state index in [1.807, 2.05) is 0 Å². The smallest absolute Gasteiger partial charge is 0.218 e. The minimum Gasteiger partial charge on any atom is -0.473 e. The van der Waals surface area contributed by atoms with Crippen molar-refractivity contribution < 1.29 is 4.74 Å². The monoisotopic (exact) mass is 318 g/mol. The molecule has 3 aromatic rings. The zero-order chi connectivity index (χ0) is 16.5. The van der Waals surface area contributed by atoms with E-state index in [0.717, 1.165) is 31.0 Å². The van der Waals surface area contributed by atoms with Gasteiger partial charge >= 0.3 is 0 Å². The highest BCUT2D eigenvalue weighted by atomic mass is 16.5. The molecule has 1 aliphatic rings. The molecule has 1 aromatic heterocycles. The molecule has 0 N–H and O–H groups in total. The molecule has 0 fully saturated rings. The Morgan fingerprint density at radius 3 is 2.79 bits per heavy atom. The lowest BCUT2D eigenvalue weighted by atomic mass is 10.1. The van der Waals surface area contributed by atoms with E-state index in [9.17, 15) is 0 Å². The summed E-state index contributed by atoms with van der Waals surface area (Å²) in [5.41, 5.74) is 4.74. The van der Waals surface area contributed by atoms with Crippen molar-refractivity contribution in [2.75, 3.05) is 6.54 Å². The van der Waals surface area contributed by atoms with Crippen molar-refractivity contribution in [2.45, 2.75) is 33.0 Å². The highest BCUT2D eigenvalue weighted by molar-refractivity contribution is 5.80. The second-order valence-corrected chi connectivity index (χ2v) is 6.73. The Kier molecular flexibility index (Phi) is 3.95. The summed E-state index contributed by atoms with van der Waals surface area (Å²) < 4.78 is 6.12. The normalized spacial score (nSPS) is 18.0. The maximum Gasteiger partial charge on any atom is 0.218 e. The molecule has 0 radical (unpaired) electrons. The van der Waals surface area contributed by atoms with Crippen molar-refractivity contribution in [3.63, 3.8) is 0 Å². The lowest BCUT2D eigenvalue weighted by molar-refractivity contribution is 0.153. The number of hydrogen-bond donors (Lipinski definition) is 0. The minimum absolute atomic E-state index is 0.129. The average molecular weight is 318 g/mol. The number of nitrogens with zero attached hydrogens (tertiary/aromatic N) is 2. The Labute approximate surface area is 142 Å². The van der Waals surface area contributed by atoms with E-state index in [2.05, 4.69) is 73.3 Å². The van der Waals surface area contributed by atoms with Crippen LogP contribution in [0, 0.1) is 6.92 Å². The van der Waals surface area contributed by atoms with Crippen molar-refractivity contribution in [3.8, 4) is 5.88 Å². The first-order valence-electron chi connectivity index (χ1n) is 8.50. The number of hydrogen-bond acceptors (Lipinski definition) is 3. The van der Waals surface area contributed by atoms with Crippen LogP contribution in [0.15, 0.2) is 54.6 Å². The minimum atomic E-state index is 0.129. The third-order valence-corrected chi connectivity index (χ3v) is 4.48. The number of fused-ring (bicyclic) bond motifs is 2. The first-order valence-corrected chi connectivity index (χ1v) is 8.50. The van der Waals surface area contributed by atoms with Gasteiger partial charge in [-0.05, 0) is 37.1 Å². The molecular formula is C21H22N2O. The fourth-order valence-electron chi connectivity index (χ4n) is 3.38. The van der Waals surface area contributed by atoms with Gasteiger partial charge in [0, 0.05) is 30.6 Å². The Bertz CT molecular complexity index is 860. The van der Waals surface area contributed by atoms with Crippen LogP contribution in [0.4, 0.5) is 0 Å². The molecule has 3 nitrogen and oxygen atoms in total. The van der Waals surface area contributed by atoms with E-state index in [4.69, 9.17) is 9.72 Å². The highest BCUT2D eigenvalue weighted by Crippen LogP contribution is 2.28. The fourth-order valence-corrected chi connectivity index (χ4v) is 3.38. The van der Waals surface area contributed by atoms with Crippen molar-refractivity contribution in [3.05, 3.63) is 71.3 Å². The van der Waals surface area contributed by atoms with Gasteiger partial charge in [-0.15, -0.1) is 0 Å². The first-order chi connectivity index (χ1) is 11.7. The number of aryl methyl sites for hydroxylation is 1. The van der Waals surface area contributed by atoms with E-state index in [1.165, 1.54) is 22.1 Å². The molecule has 0 amide bonds. The predicted molar refractivity (Wildman–Crippen MR) is 97.1 cm³/mol. The van der Waals surface area contributed by atoms with Crippen LogP contribution < -0.4 is 4.74 Å². The predicted octanol–water partition coefficient (Wildman–Crippen LogP) is 4.33. The fraction of sp³-hybridized carbons (Fsp3) is 0.286. The highest BCUT2D eigenvalue weighted by Gasteiger charge is 2.21. The molecule has 0 saturated carbocycles. The molecule has 1 unspecified atom stereocenters. The average Bonchev–Trinajstić information content (AvgIpc) is 2.70. The number of ether oxygens (including phenoxy) is 1. The van der Waals surface area contributed by atoms with Gasteiger partial charge in [0.2, 0.25) is 5.88 Å². The van der Waals surface area contributed by atoms with Crippen LogP contribution in [0.2, 0.25) is 0 Å². The third kappa shape index (κ3) is 3.13. The zero-order valence-corrected chi connectivity index (χ0v) is 14.2. The summed E-state index contributed by atoms with van der Waals surface area (Å²) in [6.07, 6.45) is 0.129. The number of rotatable bonds is 2. The maximum atomic E-state index is 6.12. The molecule has 3 heteroatoms. The Morgan fingerprint density at radius 1 is 1.12 bits per heavy atom. The molecule has 0 bridgehead atoms. The van der Waals surface area contributed by atoms with Crippen molar-refractivity contribution >= 4 is 10.9 Å². The van der Waals surface area contributed by atoms with Gasteiger partial charge in [0.1, 0.15) is 6.10 Å². The first kappa shape index (κ1) is 15.2. The molecule has 1 atom stereocenters. The molecule has 2 aromatic carbocycles.